The summed E-state index contributed by atoms with van der Waals surface area (Å²) in [5.41, 5.74) is 0. The number of alkyl halides is 2. The smallest absolute Gasteiger partial charge is 0.401 e. The van der Waals surface area contributed by atoms with Gasteiger partial charge >= 0.3 is 12.1 Å². The molecule has 0 aliphatic rings. The lowest BCUT2D eigenvalue weighted by Gasteiger charge is -2.12. The first-order chi connectivity index (χ1) is 4.48. The summed E-state index contributed by atoms with van der Waals surface area (Å²) in [6, 6.07) is 0. The molecule has 0 aliphatic carbocycles. The predicted octanol–water partition coefficient (Wildman–Crippen LogP) is 1.72. The lowest BCUT2D eigenvalue weighted by atomic mass is 10.4. The van der Waals surface area contributed by atoms with Gasteiger partial charge in [-0.25, -0.2) is 0 Å². The normalized spacial score (nSPS) is 10.7. The molecular formula is C6H8F2O2. The number of carbonyl (C=O) groups is 1. The molecule has 10 heavy (non-hydrogen) atoms. The minimum absolute atomic E-state index is 0.646. The Morgan fingerprint density at radius 1 is 1.80 bits per heavy atom. The van der Waals surface area contributed by atoms with Gasteiger partial charge < -0.3 is 4.74 Å². The van der Waals surface area contributed by atoms with Crippen molar-refractivity contribution in [2.45, 2.75) is 19.5 Å². The molecule has 0 N–H and O–H groups in total. The first-order valence-corrected chi connectivity index (χ1v) is 2.66. The van der Waals surface area contributed by atoms with Gasteiger partial charge in [0.25, 0.3) is 0 Å². The topological polar surface area (TPSA) is 26.3 Å². The Morgan fingerprint density at radius 2 is 2.30 bits per heavy atom. The highest BCUT2D eigenvalue weighted by Gasteiger charge is 2.30. The van der Waals surface area contributed by atoms with Crippen molar-refractivity contribution in [2.75, 3.05) is 0 Å². The van der Waals surface area contributed by atoms with E-state index in [9.17, 15) is 13.6 Å². The molecule has 0 atom stereocenters. The maximum atomic E-state index is 12.2. The molecule has 58 valence electrons. The minimum atomic E-state index is -3.40. The fraction of sp³-hybridized carbons (Fsp3) is 0.500. The number of hydrogen-bond donors (Lipinski definition) is 0. The van der Waals surface area contributed by atoms with E-state index < -0.39 is 18.5 Å². The average Bonchev–Trinajstić information content (AvgIpc) is 1.59. The summed E-state index contributed by atoms with van der Waals surface area (Å²) in [6.45, 7) is 4.01. The van der Waals surface area contributed by atoms with Crippen molar-refractivity contribution in [3.8, 4) is 0 Å². The quantitative estimate of drug-likeness (QED) is 0.452. The van der Waals surface area contributed by atoms with Crippen LogP contribution in [0.25, 0.3) is 0 Å². The van der Waals surface area contributed by atoms with Gasteiger partial charge in [0, 0.05) is 6.92 Å². The third-order valence-corrected chi connectivity index (χ3v) is 0.675. The molecule has 0 heterocycles. The Balaban J connectivity index is 3.85. The van der Waals surface area contributed by atoms with E-state index in [0.29, 0.717) is 0 Å². The van der Waals surface area contributed by atoms with E-state index in [-0.39, 0.29) is 0 Å². The number of halogens is 2. The number of hydrogen-bond acceptors (Lipinski definition) is 2. The highest BCUT2D eigenvalue weighted by atomic mass is 19.3. The summed E-state index contributed by atoms with van der Waals surface area (Å²) in [5.74, 6) is -0.994. The van der Waals surface area contributed by atoms with Crippen molar-refractivity contribution in [1.29, 1.82) is 0 Å². The summed E-state index contributed by atoms with van der Waals surface area (Å²) in [6.07, 6.45) is -3.05. The van der Waals surface area contributed by atoms with Gasteiger partial charge in [0.05, 0.1) is 6.42 Å². The maximum absolute atomic E-state index is 12.2. The lowest BCUT2D eigenvalue weighted by Crippen LogP contribution is -2.22. The van der Waals surface area contributed by atoms with Crippen molar-refractivity contribution in [1.82, 2.24) is 0 Å². The summed E-state index contributed by atoms with van der Waals surface area (Å²) in [5, 5.41) is 0. The van der Waals surface area contributed by atoms with Gasteiger partial charge in [-0.15, -0.1) is 6.58 Å². The van der Waals surface area contributed by atoms with Crippen LogP contribution < -0.4 is 0 Å². The number of rotatable bonds is 3. The van der Waals surface area contributed by atoms with Gasteiger partial charge in [0.15, 0.2) is 0 Å². The first kappa shape index (κ1) is 9.07. The standard InChI is InChI=1S/C6H8F2O2/c1-3-4-6(7,8)10-5(2)9/h3H,1,4H2,2H3. The van der Waals surface area contributed by atoms with E-state index in [2.05, 4.69) is 11.3 Å². The van der Waals surface area contributed by atoms with Crippen LogP contribution in [-0.2, 0) is 9.53 Å². The number of esters is 1. The Bertz CT molecular complexity index is 143. The second-order valence-corrected chi connectivity index (χ2v) is 1.72. The highest BCUT2D eigenvalue weighted by molar-refractivity contribution is 5.66. The molecule has 0 saturated carbocycles. The highest BCUT2D eigenvalue weighted by Crippen LogP contribution is 2.19. The van der Waals surface area contributed by atoms with Crippen molar-refractivity contribution >= 4 is 5.97 Å². The first-order valence-electron chi connectivity index (χ1n) is 2.66. The maximum Gasteiger partial charge on any atom is 0.403 e. The summed E-state index contributed by atoms with van der Waals surface area (Å²) in [7, 11) is 0. The molecule has 0 radical (unpaired) electrons. The van der Waals surface area contributed by atoms with E-state index in [1.165, 1.54) is 0 Å². The zero-order valence-electron chi connectivity index (χ0n) is 5.56. The monoisotopic (exact) mass is 150 g/mol. The molecule has 0 saturated heterocycles. The van der Waals surface area contributed by atoms with E-state index in [4.69, 9.17) is 0 Å². The molecule has 0 bridgehead atoms. The Hall–Kier alpha value is -0.930. The third kappa shape index (κ3) is 4.00. The fourth-order valence-corrected chi connectivity index (χ4v) is 0.420. The van der Waals surface area contributed by atoms with Crippen LogP contribution in [0.5, 0.6) is 0 Å². The molecule has 4 heteroatoms. The molecule has 0 aromatic rings. The van der Waals surface area contributed by atoms with E-state index in [1.807, 2.05) is 0 Å². The molecule has 0 aliphatic heterocycles. The van der Waals surface area contributed by atoms with Crippen LogP contribution in [0.3, 0.4) is 0 Å². The van der Waals surface area contributed by atoms with Crippen LogP contribution in [0.2, 0.25) is 0 Å². The zero-order valence-corrected chi connectivity index (χ0v) is 5.56. The predicted molar refractivity (Wildman–Crippen MR) is 31.5 cm³/mol. The summed E-state index contributed by atoms with van der Waals surface area (Å²) in [4.78, 5) is 10.00. The van der Waals surface area contributed by atoms with Gasteiger partial charge in [0.1, 0.15) is 0 Å². The third-order valence-electron chi connectivity index (χ3n) is 0.675. The second kappa shape index (κ2) is 3.29. The molecule has 0 unspecified atom stereocenters. The molecule has 2 nitrogen and oxygen atoms in total. The van der Waals surface area contributed by atoms with E-state index >= 15 is 0 Å². The van der Waals surface area contributed by atoms with Crippen LogP contribution in [0.4, 0.5) is 8.78 Å². The lowest BCUT2D eigenvalue weighted by molar-refractivity contribution is -0.228. The summed E-state index contributed by atoms with van der Waals surface area (Å²) < 4.78 is 28.0. The molecule has 0 aromatic heterocycles. The molecule has 0 aromatic carbocycles. The van der Waals surface area contributed by atoms with Gasteiger partial charge in [-0.1, -0.05) is 6.08 Å². The van der Waals surface area contributed by atoms with E-state index in [0.717, 1.165) is 13.0 Å². The zero-order chi connectivity index (χ0) is 8.20. The number of carbonyl (C=O) groups excluding carboxylic acids is 1. The van der Waals surface area contributed by atoms with Gasteiger partial charge in [-0.2, -0.15) is 8.78 Å². The Labute approximate surface area is 57.5 Å². The average molecular weight is 150 g/mol. The van der Waals surface area contributed by atoms with Crippen LogP contribution in [0, 0.1) is 0 Å². The molecule has 0 spiro atoms. The van der Waals surface area contributed by atoms with Crippen molar-refractivity contribution in [2.24, 2.45) is 0 Å². The number of ether oxygens (including phenoxy) is 1. The van der Waals surface area contributed by atoms with Crippen LogP contribution in [-0.4, -0.2) is 12.1 Å². The molecule has 0 rings (SSSR count). The van der Waals surface area contributed by atoms with Gasteiger partial charge in [0.2, 0.25) is 0 Å². The second-order valence-electron chi connectivity index (χ2n) is 1.72. The van der Waals surface area contributed by atoms with Crippen molar-refractivity contribution < 1.29 is 18.3 Å². The Morgan fingerprint density at radius 3 is 2.60 bits per heavy atom. The summed E-state index contributed by atoms with van der Waals surface area (Å²) >= 11 is 0. The van der Waals surface area contributed by atoms with Crippen LogP contribution >= 0.6 is 0 Å². The molecule has 0 amide bonds. The van der Waals surface area contributed by atoms with Crippen LogP contribution in [0.1, 0.15) is 13.3 Å². The van der Waals surface area contributed by atoms with Gasteiger partial charge in [-0.05, 0) is 0 Å². The molecular weight excluding hydrogens is 142 g/mol. The minimum Gasteiger partial charge on any atom is -0.401 e. The molecule has 0 fully saturated rings. The Kier molecular flexibility index (Phi) is 2.99. The largest absolute Gasteiger partial charge is 0.403 e. The van der Waals surface area contributed by atoms with Crippen molar-refractivity contribution in [3.63, 3.8) is 0 Å². The van der Waals surface area contributed by atoms with Gasteiger partial charge in [-0.3, -0.25) is 4.79 Å². The van der Waals surface area contributed by atoms with E-state index in [1.54, 1.807) is 0 Å². The van der Waals surface area contributed by atoms with Crippen molar-refractivity contribution in [3.05, 3.63) is 12.7 Å². The van der Waals surface area contributed by atoms with Crippen LogP contribution in [0.15, 0.2) is 12.7 Å². The SMILES string of the molecule is C=CCC(F)(F)OC(C)=O. The fourth-order valence-electron chi connectivity index (χ4n) is 0.420.